The summed E-state index contributed by atoms with van der Waals surface area (Å²) in [4.78, 5) is 4.28. The molecule has 1 rings (SSSR count). The van der Waals surface area contributed by atoms with E-state index in [4.69, 9.17) is 0 Å². The Labute approximate surface area is 171 Å². The van der Waals surface area contributed by atoms with Gasteiger partial charge in [0.25, 0.3) is 0 Å². The van der Waals surface area contributed by atoms with E-state index in [2.05, 4.69) is 36.4 Å². The maximum absolute atomic E-state index is 11.6. The highest BCUT2D eigenvalue weighted by molar-refractivity contribution is 14.0. The van der Waals surface area contributed by atoms with Crippen molar-refractivity contribution >= 4 is 40.0 Å². The standard InChI is InChI=1S/C17H36N4O2S.HI/c1-6-7-8-10-17(2,3)14-20-16(18-4)19-12-15-9-11-21(13-15)24(5,22)23;/h15H,6-14H2,1-5H3,(H2,18,19,20);1H. The summed E-state index contributed by atoms with van der Waals surface area (Å²) in [6.45, 7) is 9.66. The van der Waals surface area contributed by atoms with Gasteiger partial charge in [0.2, 0.25) is 10.0 Å². The SMILES string of the molecule is CCCCCC(C)(C)CNC(=NC)NCC1CCN(S(C)(=O)=O)C1.I. The Hall–Kier alpha value is -0.0900. The van der Waals surface area contributed by atoms with Crippen molar-refractivity contribution < 1.29 is 8.42 Å². The summed E-state index contributed by atoms with van der Waals surface area (Å²) in [5, 5.41) is 6.75. The summed E-state index contributed by atoms with van der Waals surface area (Å²) in [5.41, 5.74) is 0.243. The fourth-order valence-corrected chi connectivity index (χ4v) is 3.91. The van der Waals surface area contributed by atoms with E-state index in [9.17, 15) is 8.42 Å². The minimum absolute atomic E-state index is 0. The van der Waals surface area contributed by atoms with Gasteiger partial charge in [0, 0.05) is 33.2 Å². The lowest BCUT2D eigenvalue weighted by molar-refractivity contribution is 0.318. The molecule has 0 aromatic rings. The lowest BCUT2D eigenvalue weighted by Gasteiger charge is -2.26. The zero-order valence-electron chi connectivity index (χ0n) is 16.5. The Morgan fingerprint density at radius 2 is 1.96 bits per heavy atom. The van der Waals surface area contributed by atoms with Crippen LogP contribution in [0.15, 0.2) is 4.99 Å². The number of nitrogens with zero attached hydrogens (tertiary/aromatic N) is 2. The van der Waals surface area contributed by atoms with Crippen molar-refractivity contribution in [1.82, 2.24) is 14.9 Å². The molecule has 1 aliphatic heterocycles. The second-order valence-corrected chi connectivity index (χ2v) is 9.69. The molecule has 1 fully saturated rings. The molecule has 150 valence electrons. The van der Waals surface area contributed by atoms with Crippen LogP contribution in [-0.2, 0) is 10.0 Å². The van der Waals surface area contributed by atoms with Gasteiger partial charge in [-0.2, -0.15) is 0 Å². The predicted octanol–water partition coefficient (Wildman–Crippen LogP) is 2.66. The molecule has 2 N–H and O–H groups in total. The zero-order chi connectivity index (χ0) is 18.2. The van der Waals surface area contributed by atoms with Crippen LogP contribution in [0.3, 0.4) is 0 Å². The summed E-state index contributed by atoms with van der Waals surface area (Å²) >= 11 is 0. The number of rotatable bonds is 9. The molecule has 0 aromatic heterocycles. The van der Waals surface area contributed by atoms with Gasteiger partial charge < -0.3 is 10.6 Å². The largest absolute Gasteiger partial charge is 0.356 e. The molecule has 0 radical (unpaired) electrons. The molecule has 25 heavy (non-hydrogen) atoms. The minimum Gasteiger partial charge on any atom is -0.356 e. The maximum Gasteiger partial charge on any atom is 0.211 e. The first-order chi connectivity index (χ1) is 11.2. The van der Waals surface area contributed by atoms with Crippen molar-refractivity contribution in [2.75, 3.05) is 39.5 Å². The highest BCUT2D eigenvalue weighted by atomic mass is 127. The molecule has 1 unspecified atom stereocenters. The van der Waals surface area contributed by atoms with E-state index >= 15 is 0 Å². The number of hydrogen-bond acceptors (Lipinski definition) is 3. The van der Waals surface area contributed by atoms with E-state index in [0.717, 1.165) is 25.5 Å². The van der Waals surface area contributed by atoms with Crippen molar-refractivity contribution in [2.45, 2.75) is 52.9 Å². The number of unbranched alkanes of at least 4 members (excludes halogenated alkanes) is 2. The third-order valence-corrected chi connectivity index (χ3v) is 5.96. The van der Waals surface area contributed by atoms with Gasteiger partial charge in [-0.1, -0.05) is 40.0 Å². The molecule has 8 heteroatoms. The van der Waals surface area contributed by atoms with Crippen LogP contribution in [0.4, 0.5) is 0 Å². The molecule has 0 amide bonds. The first kappa shape index (κ1) is 24.9. The number of hydrogen-bond donors (Lipinski definition) is 2. The molecule has 0 aliphatic carbocycles. The molecule has 6 nitrogen and oxygen atoms in total. The van der Waals surface area contributed by atoms with Crippen LogP contribution in [0.2, 0.25) is 0 Å². The molecule has 1 heterocycles. The van der Waals surface area contributed by atoms with Gasteiger partial charge in [-0.15, -0.1) is 24.0 Å². The van der Waals surface area contributed by atoms with Gasteiger partial charge in [0.1, 0.15) is 0 Å². The maximum atomic E-state index is 11.6. The number of sulfonamides is 1. The van der Waals surface area contributed by atoms with Crippen LogP contribution < -0.4 is 10.6 Å². The summed E-state index contributed by atoms with van der Waals surface area (Å²) in [6.07, 6.45) is 7.19. The van der Waals surface area contributed by atoms with Crippen molar-refractivity contribution in [1.29, 1.82) is 0 Å². The molecule has 1 aliphatic rings. The molecular formula is C17H37IN4O2S. The van der Waals surface area contributed by atoms with Crippen molar-refractivity contribution in [3.8, 4) is 0 Å². The van der Waals surface area contributed by atoms with Crippen LogP contribution in [-0.4, -0.2) is 58.2 Å². The van der Waals surface area contributed by atoms with E-state index in [1.54, 1.807) is 11.4 Å². The van der Waals surface area contributed by atoms with E-state index in [1.807, 2.05) is 0 Å². The zero-order valence-corrected chi connectivity index (χ0v) is 19.6. The Morgan fingerprint density at radius 3 is 2.48 bits per heavy atom. The Balaban J connectivity index is 0.00000576. The van der Waals surface area contributed by atoms with Gasteiger partial charge in [-0.3, -0.25) is 4.99 Å². The number of aliphatic imine (C=N–C) groups is 1. The molecule has 0 bridgehead atoms. The van der Waals surface area contributed by atoms with Gasteiger partial charge in [0.15, 0.2) is 5.96 Å². The highest BCUT2D eigenvalue weighted by Crippen LogP contribution is 2.22. The monoisotopic (exact) mass is 488 g/mol. The van der Waals surface area contributed by atoms with Crippen LogP contribution >= 0.6 is 24.0 Å². The van der Waals surface area contributed by atoms with E-state index in [-0.39, 0.29) is 29.4 Å². The summed E-state index contributed by atoms with van der Waals surface area (Å²) in [7, 11) is -1.29. The molecule has 0 aromatic carbocycles. The fourth-order valence-electron chi connectivity index (χ4n) is 2.99. The van der Waals surface area contributed by atoms with Crippen molar-refractivity contribution in [3.63, 3.8) is 0 Å². The molecule has 1 atom stereocenters. The Morgan fingerprint density at radius 1 is 1.28 bits per heavy atom. The van der Waals surface area contributed by atoms with E-state index < -0.39 is 10.0 Å². The quantitative estimate of drug-likeness (QED) is 0.227. The molecule has 0 spiro atoms. The second-order valence-electron chi connectivity index (χ2n) is 7.70. The normalized spacial score (nSPS) is 19.6. The van der Waals surface area contributed by atoms with Gasteiger partial charge in [-0.05, 0) is 24.2 Å². The fraction of sp³-hybridized carbons (Fsp3) is 0.941. The lowest BCUT2D eigenvalue weighted by atomic mass is 9.87. The van der Waals surface area contributed by atoms with E-state index in [1.165, 1.54) is 31.9 Å². The second kappa shape index (κ2) is 11.6. The average Bonchev–Trinajstić information content (AvgIpc) is 2.96. The molecular weight excluding hydrogens is 451 g/mol. The molecule has 0 saturated carbocycles. The smallest absolute Gasteiger partial charge is 0.211 e. The third-order valence-electron chi connectivity index (χ3n) is 4.69. The molecule has 1 saturated heterocycles. The third kappa shape index (κ3) is 9.98. The summed E-state index contributed by atoms with van der Waals surface area (Å²) < 4.78 is 24.7. The minimum atomic E-state index is -3.06. The summed E-state index contributed by atoms with van der Waals surface area (Å²) in [5.74, 6) is 1.15. The summed E-state index contributed by atoms with van der Waals surface area (Å²) in [6, 6.07) is 0. The van der Waals surface area contributed by atoms with Crippen LogP contribution in [0.25, 0.3) is 0 Å². The number of nitrogens with one attached hydrogen (secondary N) is 2. The highest BCUT2D eigenvalue weighted by Gasteiger charge is 2.28. The van der Waals surface area contributed by atoms with E-state index in [0.29, 0.717) is 19.0 Å². The Bertz CT molecular complexity index is 509. The van der Waals surface area contributed by atoms with Gasteiger partial charge in [-0.25, -0.2) is 12.7 Å². The van der Waals surface area contributed by atoms with Crippen LogP contribution in [0, 0.1) is 11.3 Å². The van der Waals surface area contributed by atoms with Crippen molar-refractivity contribution in [3.05, 3.63) is 0 Å². The first-order valence-electron chi connectivity index (χ1n) is 9.07. The predicted molar refractivity (Wildman–Crippen MR) is 117 cm³/mol. The van der Waals surface area contributed by atoms with Crippen molar-refractivity contribution in [2.24, 2.45) is 16.3 Å². The van der Waals surface area contributed by atoms with Gasteiger partial charge in [0.05, 0.1) is 6.26 Å². The van der Waals surface area contributed by atoms with Crippen LogP contribution in [0.1, 0.15) is 52.9 Å². The first-order valence-corrected chi connectivity index (χ1v) is 10.9. The topological polar surface area (TPSA) is 73.8 Å². The van der Waals surface area contributed by atoms with Gasteiger partial charge >= 0.3 is 0 Å². The number of guanidine groups is 1. The number of halogens is 1. The average molecular weight is 488 g/mol. The van der Waals surface area contributed by atoms with Crippen LogP contribution in [0.5, 0.6) is 0 Å². The Kier molecular flexibility index (Phi) is 11.5. The lowest BCUT2D eigenvalue weighted by Crippen LogP contribution is -2.44.